The highest BCUT2D eigenvalue weighted by Gasteiger charge is 2.20. The summed E-state index contributed by atoms with van der Waals surface area (Å²) >= 11 is 0. The molecule has 0 amide bonds. The zero-order valence-electron chi connectivity index (χ0n) is 11.9. The summed E-state index contributed by atoms with van der Waals surface area (Å²) in [5, 5.41) is 8.69. The third kappa shape index (κ3) is 4.25. The summed E-state index contributed by atoms with van der Waals surface area (Å²) in [5.74, 6) is 6.43. The monoisotopic (exact) mass is 276 g/mol. The van der Waals surface area contributed by atoms with Crippen molar-refractivity contribution in [1.82, 2.24) is 0 Å². The molecular weight excluding hydrogens is 255 g/mol. The van der Waals surface area contributed by atoms with E-state index >= 15 is 0 Å². The van der Waals surface area contributed by atoms with E-state index in [1.54, 1.807) is 12.1 Å². The van der Waals surface area contributed by atoms with Crippen molar-refractivity contribution < 1.29 is 14.2 Å². The Labute approximate surface area is 120 Å². The molecule has 0 spiro atoms. The van der Waals surface area contributed by atoms with Crippen LogP contribution in [0.25, 0.3) is 0 Å². The predicted molar refractivity (Wildman–Crippen MR) is 77.0 cm³/mol. The zero-order valence-corrected chi connectivity index (χ0v) is 11.9. The summed E-state index contributed by atoms with van der Waals surface area (Å²) in [7, 11) is 0. The lowest BCUT2D eigenvalue weighted by Crippen LogP contribution is -2.23. The van der Waals surface area contributed by atoms with Crippen LogP contribution in [-0.2, 0) is 0 Å². The molecule has 0 saturated heterocycles. The summed E-state index contributed by atoms with van der Waals surface area (Å²) in [6.07, 6.45) is 4.79. The standard InChI is InChI=1S/C17H21FO2/c1-13-5-8-15(9-6-13)20-17-12-14(4-2-3-11-19)7-10-16(17)18/h7,10,12-13,15,19H,3,5-6,8-9,11H2,1H3. The van der Waals surface area contributed by atoms with Gasteiger partial charge in [-0.25, -0.2) is 4.39 Å². The van der Waals surface area contributed by atoms with Crippen LogP contribution >= 0.6 is 0 Å². The molecule has 108 valence electrons. The van der Waals surface area contributed by atoms with E-state index in [0.717, 1.165) is 37.2 Å². The number of rotatable bonds is 3. The summed E-state index contributed by atoms with van der Waals surface area (Å²) in [6, 6.07) is 4.68. The van der Waals surface area contributed by atoms with Crippen LogP contribution in [0.4, 0.5) is 4.39 Å². The maximum atomic E-state index is 13.8. The van der Waals surface area contributed by atoms with Gasteiger partial charge < -0.3 is 9.84 Å². The largest absolute Gasteiger partial charge is 0.487 e. The second kappa shape index (κ2) is 7.31. The fourth-order valence-corrected chi connectivity index (χ4v) is 2.42. The van der Waals surface area contributed by atoms with E-state index < -0.39 is 0 Å². The minimum absolute atomic E-state index is 0.0395. The number of hydrogen-bond donors (Lipinski definition) is 1. The molecule has 20 heavy (non-hydrogen) atoms. The molecule has 2 nitrogen and oxygen atoms in total. The van der Waals surface area contributed by atoms with Gasteiger partial charge >= 0.3 is 0 Å². The van der Waals surface area contributed by atoms with E-state index in [-0.39, 0.29) is 18.5 Å². The minimum Gasteiger partial charge on any atom is -0.487 e. The first-order valence-corrected chi connectivity index (χ1v) is 7.25. The van der Waals surface area contributed by atoms with Gasteiger partial charge in [-0.15, -0.1) is 0 Å². The Morgan fingerprint density at radius 1 is 1.30 bits per heavy atom. The van der Waals surface area contributed by atoms with Crippen LogP contribution in [-0.4, -0.2) is 17.8 Å². The lowest BCUT2D eigenvalue weighted by molar-refractivity contribution is 0.130. The molecule has 0 bridgehead atoms. The van der Waals surface area contributed by atoms with Crippen molar-refractivity contribution in [3.8, 4) is 17.6 Å². The molecule has 1 aliphatic carbocycles. The van der Waals surface area contributed by atoms with E-state index in [2.05, 4.69) is 18.8 Å². The molecular formula is C17H21FO2. The molecule has 1 fully saturated rings. The highest BCUT2D eigenvalue weighted by atomic mass is 19.1. The average Bonchev–Trinajstić information content (AvgIpc) is 2.45. The molecule has 1 saturated carbocycles. The third-order valence-electron chi connectivity index (χ3n) is 3.66. The van der Waals surface area contributed by atoms with Crippen LogP contribution in [0.1, 0.15) is 44.6 Å². The van der Waals surface area contributed by atoms with Crippen molar-refractivity contribution in [3.63, 3.8) is 0 Å². The average molecular weight is 276 g/mol. The molecule has 0 unspecified atom stereocenters. The first-order valence-electron chi connectivity index (χ1n) is 7.25. The SMILES string of the molecule is CC1CCC(Oc2cc(C#CCCO)ccc2F)CC1. The van der Waals surface area contributed by atoms with Gasteiger partial charge in [-0.05, 0) is 49.8 Å². The molecule has 0 radical (unpaired) electrons. The Morgan fingerprint density at radius 3 is 2.75 bits per heavy atom. The predicted octanol–water partition coefficient (Wildman–Crippen LogP) is 3.52. The van der Waals surface area contributed by atoms with E-state index in [1.165, 1.54) is 6.07 Å². The van der Waals surface area contributed by atoms with E-state index in [1.807, 2.05) is 0 Å². The molecule has 1 aromatic carbocycles. The van der Waals surface area contributed by atoms with Crippen LogP contribution in [0, 0.1) is 23.6 Å². The normalized spacial score (nSPS) is 21.9. The van der Waals surface area contributed by atoms with Gasteiger partial charge in [0.25, 0.3) is 0 Å². The van der Waals surface area contributed by atoms with Gasteiger partial charge in [0.2, 0.25) is 0 Å². The number of ether oxygens (including phenoxy) is 1. The van der Waals surface area contributed by atoms with Crippen molar-refractivity contribution in [2.45, 2.75) is 45.1 Å². The van der Waals surface area contributed by atoms with Gasteiger partial charge in [-0.2, -0.15) is 0 Å². The quantitative estimate of drug-likeness (QED) is 0.856. The summed E-state index contributed by atoms with van der Waals surface area (Å²) in [5.41, 5.74) is 0.721. The Balaban J connectivity index is 2.03. The summed E-state index contributed by atoms with van der Waals surface area (Å²) in [6.45, 7) is 2.28. The van der Waals surface area contributed by atoms with Crippen LogP contribution in [0.2, 0.25) is 0 Å². The molecule has 1 N–H and O–H groups in total. The van der Waals surface area contributed by atoms with Crippen LogP contribution < -0.4 is 4.74 Å². The van der Waals surface area contributed by atoms with Crippen molar-refractivity contribution in [2.75, 3.05) is 6.61 Å². The number of hydrogen-bond acceptors (Lipinski definition) is 2. The lowest BCUT2D eigenvalue weighted by atomic mass is 9.89. The van der Waals surface area contributed by atoms with Gasteiger partial charge in [0, 0.05) is 12.0 Å². The maximum Gasteiger partial charge on any atom is 0.165 e. The molecule has 1 aliphatic rings. The van der Waals surface area contributed by atoms with Gasteiger partial charge in [-0.3, -0.25) is 0 Å². The molecule has 2 rings (SSSR count). The minimum atomic E-state index is -0.337. The van der Waals surface area contributed by atoms with Crippen molar-refractivity contribution >= 4 is 0 Å². The molecule has 3 heteroatoms. The van der Waals surface area contributed by atoms with Crippen molar-refractivity contribution in [2.24, 2.45) is 5.92 Å². The van der Waals surface area contributed by atoms with Crippen LogP contribution in [0.5, 0.6) is 5.75 Å². The van der Waals surface area contributed by atoms with Crippen molar-refractivity contribution in [3.05, 3.63) is 29.6 Å². The zero-order chi connectivity index (χ0) is 14.4. The van der Waals surface area contributed by atoms with Gasteiger partial charge in [0.1, 0.15) is 0 Å². The lowest BCUT2D eigenvalue weighted by Gasteiger charge is -2.27. The Morgan fingerprint density at radius 2 is 2.05 bits per heavy atom. The van der Waals surface area contributed by atoms with Gasteiger partial charge in [0.05, 0.1) is 12.7 Å². The second-order valence-corrected chi connectivity index (χ2v) is 5.42. The topological polar surface area (TPSA) is 29.5 Å². The number of aliphatic hydroxyl groups excluding tert-OH is 1. The van der Waals surface area contributed by atoms with Crippen LogP contribution in [0.3, 0.4) is 0 Å². The molecule has 1 aromatic rings. The molecule has 0 atom stereocenters. The van der Waals surface area contributed by atoms with E-state index in [0.29, 0.717) is 12.2 Å². The number of halogens is 1. The fourth-order valence-electron chi connectivity index (χ4n) is 2.42. The van der Waals surface area contributed by atoms with Crippen molar-refractivity contribution in [1.29, 1.82) is 0 Å². The highest BCUT2D eigenvalue weighted by molar-refractivity contribution is 5.40. The first-order chi connectivity index (χ1) is 9.69. The summed E-state index contributed by atoms with van der Waals surface area (Å²) < 4.78 is 19.6. The number of benzene rings is 1. The van der Waals surface area contributed by atoms with Crippen LogP contribution in [0.15, 0.2) is 18.2 Å². The van der Waals surface area contributed by atoms with E-state index in [9.17, 15) is 4.39 Å². The molecule has 0 aliphatic heterocycles. The third-order valence-corrected chi connectivity index (χ3v) is 3.66. The Kier molecular flexibility index (Phi) is 5.43. The van der Waals surface area contributed by atoms with Gasteiger partial charge in [-0.1, -0.05) is 18.8 Å². The maximum absolute atomic E-state index is 13.8. The molecule has 0 heterocycles. The van der Waals surface area contributed by atoms with Gasteiger partial charge in [0.15, 0.2) is 11.6 Å². The Hall–Kier alpha value is -1.53. The fraction of sp³-hybridized carbons (Fsp3) is 0.529. The molecule has 0 aromatic heterocycles. The number of aliphatic hydroxyl groups is 1. The second-order valence-electron chi connectivity index (χ2n) is 5.42. The first kappa shape index (κ1) is 14.9. The summed E-state index contributed by atoms with van der Waals surface area (Å²) in [4.78, 5) is 0. The smallest absolute Gasteiger partial charge is 0.165 e. The van der Waals surface area contributed by atoms with E-state index in [4.69, 9.17) is 9.84 Å². The Bertz CT molecular complexity index is 493. The highest BCUT2D eigenvalue weighted by Crippen LogP contribution is 2.28.